The van der Waals surface area contributed by atoms with Gasteiger partial charge in [0.15, 0.2) is 0 Å². The number of hydrogen-bond donors (Lipinski definition) is 1. The fraction of sp³-hybridized carbons (Fsp3) is 0.111. The van der Waals surface area contributed by atoms with E-state index in [4.69, 9.17) is 5.73 Å². The van der Waals surface area contributed by atoms with Crippen molar-refractivity contribution in [1.82, 2.24) is 4.98 Å². The lowest BCUT2D eigenvalue weighted by atomic mass is 10.0. The van der Waals surface area contributed by atoms with Crippen molar-refractivity contribution in [1.29, 1.82) is 0 Å². The van der Waals surface area contributed by atoms with E-state index in [0.717, 1.165) is 22.0 Å². The summed E-state index contributed by atoms with van der Waals surface area (Å²) in [6.07, 6.45) is 0. The van der Waals surface area contributed by atoms with Gasteiger partial charge in [-0.2, -0.15) is 0 Å². The number of para-hydroxylation sites is 1. The number of hydrogen-bond acceptors (Lipinski definition) is 3. The molecule has 3 aromatic rings. The lowest BCUT2D eigenvalue weighted by Gasteiger charge is -2.07. The van der Waals surface area contributed by atoms with Crippen LogP contribution in [0.1, 0.15) is 27.2 Å². The summed E-state index contributed by atoms with van der Waals surface area (Å²) in [5.74, 6) is -0.0979. The molecule has 0 aliphatic carbocycles. The highest BCUT2D eigenvalue weighted by atomic mass is 16.1. The van der Waals surface area contributed by atoms with Gasteiger partial charge >= 0.3 is 0 Å². The molecule has 3 rings (SSSR count). The maximum absolute atomic E-state index is 12.6. The SMILES string of the molecule is Cc1cc(C)cc(C(=O)c2cc(N)c3ccccc3n2)c1. The van der Waals surface area contributed by atoms with Crippen molar-refractivity contribution in [2.75, 3.05) is 5.73 Å². The van der Waals surface area contributed by atoms with Crippen molar-refractivity contribution in [3.8, 4) is 0 Å². The standard InChI is InChI=1S/C18H16N2O/c1-11-7-12(2)9-13(8-11)18(21)17-10-15(19)14-5-3-4-6-16(14)20-17/h3-10H,1-2H3,(H2,19,20). The predicted octanol–water partition coefficient (Wildman–Crippen LogP) is 3.66. The molecule has 0 fully saturated rings. The molecule has 0 amide bonds. The van der Waals surface area contributed by atoms with Gasteiger partial charge in [-0.1, -0.05) is 35.4 Å². The molecule has 21 heavy (non-hydrogen) atoms. The van der Waals surface area contributed by atoms with Gasteiger partial charge in [0.05, 0.1) is 5.52 Å². The van der Waals surface area contributed by atoms with E-state index in [1.165, 1.54) is 0 Å². The number of benzene rings is 2. The lowest BCUT2D eigenvalue weighted by Crippen LogP contribution is -2.06. The minimum atomic E-state index is -0.0979. The second-order valence-electron chi connectivity index (χ2n) is 5.32. The van der Waals surface area contributed by atoms with E-state index in [-0.39, 0.29) is 5.78 Å². The molecule has 0 saturated heterocycles. The van der Waals surface area contributed by atoms with Gasteiger partial charge in [0.1, 0.15) is 5.69 Å². The van der Waals surface area contributed by atoms with Crippen LogP contribution in [0.15, 0.2) is 48.5 Å². The number of aromatic nitrogens is 1. The highest BCUT2D eigenvalue weighted by Crippen LogP contribution is 2.22. The number of nitrogens with two attached hydrogens (primary N) is 1. The van der Waals surface area contributed by atoms with Crippen LogP contribution in [-0.2, 0) is 0 Å². The highest BCUT2D eigenvalue weighted by molar-refractivity contribution is 6.10. The fourth-order valence-electron chi connectivity index (χ4n) is 2.57. The van der Waals surface area contributed by atoms with Crippen molar-refractivity contribution in [3.63, 3.8) is 0 Å². The van der Waals surface area contributed by atoms with Crippen LogP contribution in [-0.4, -0.2) is 10.8 Å². The molecule has 104 valence electrons. The van der Waals surface area contributed by atoms with Gasteiger partial charge in [0.2, 0.25) is 5.78 Å². The van der Waals surface area contributed by atoms with Crippen LogP contribution in [0, 0.1) is 13.8 Å². The zero-order valence-corrected chi connectivity index (χ0v) is 12.1. The number of pyridine rings is 1. The zero-order valence-electron chi connectivity index (χ0n) is 12.1. The number of rotatable bonds is 2. The van der Waals surface area contributed by atoms with Crippen LogP contribution in [0.3, 0.4) is 0 Å². The number of nitrogens with zero attached hydrogens (tertiary/aromatic N) is 1. The molecule has 0 spiro atoms. The first kappa shape index (κ1) is 13.3. The van der Waals surface area contributed by atoms with E-state index in [2.05, 4.69) is 4.98 Å². The maximum atomic E-state index is 12.6. The lowest BCUT2D eigenvalue weighted by molar-refractivity contribution is 0.103. The minimum absolute atomic E-state index is 0.0979. The summed E-state index contributed by atoms with van der Waals surface area (Å²) in [4.78, 5) is 17.1. The van der Waals surface area contributed by atoms with Gasteiger partial charge in [-0.25, -0.2) is 4.98 Å². The average molecular weight is 276 g/mol. The Morgan fingerprint density at radius 2 is 1.67 bits per heavy atom. The summed E-state index contributed by atoms with van der Waals surface area (Å²) >= 11 is 0. The Morgan fingerprint density at radius 3 is 2.38 bits per heavy atom. The van der Waals surface area contributed by atoms with Gasteiger partial charge in [-0.3, -0.25) is 4.79 Å². The number of carbonyl (C=O) groups excluding carboxylic acids is 1. The van der Waals surface area contributed by atoms with Crippen molar-refractivity contribution in [2.24, 2.45) is 0 Å². The number of anilines is 1. The second-order valence-corrected chi connectivity index (χ2v) is 5.32. The van der Waals surface area contributed by atoms with E-state index in [1.807, 2.05) is 56.3 Å². The molecule has 0 atom stereocenters. The Balaban J connectivity index is 2.13. The van der Waals surface area contributed by atoms with Crippen LogP contribution in [0.4, 0.5) is 5.69 Å². The molecule has 0 radical (unpaired) electrons. The number of ketones is 1. The predicted molar refractivity (Wildman–Crippen MR) is 85.5 cm³/mol. The Hall–Kier alpha value is -2.68. The number of nitrogen functional groups attached to an aromatic ring is 1. The molecule has 2 N–H and O–H groups in total. The molecule has 1 heterocycles. The fourth-order valence-corrected chi connectivity index (χ4v) is 2.57. The van der Waals surface area contributed by atoms with Crippen LogP contribution in [0.25, 0.3) is 10.9 Å². The first-order chi connectivity index (χ1) is 10.0. The number of aryl methyl sites for hydroxylation is 2. The number of fused-ring (bicyclic) bond motifs is 1. The van der Waals surface area contributed by atoms with Crippen LogP contribution < -0.4 is 5.73 Å². The molecular formula is C18H16N2O. The van der Waals surface area contributed by atoms with Crippen LogP contribution in [0.2, 0.25) is 0 Å². The molecule has 1 aromatic heterocycles. The van der Waals surface area contributed by atoms with Crippen molar-refractivity contribution in [2.45, 2.75) is 13.8 Å². The molecule has 0 aliphatic rings. The normalized spacial score (nSPS) is 10.8. The van der Waals surface area contributed by atoms with E-state index < -0.39 is 0 Å². The molecule has 3 heteroatoms. The van der Waals surface area contributed by atoms with Gasteiger partial charge in [-0.15, -0.1) is 0 Å². The van der Waals surface area contributed by atoms with Crippen LogP contribution in [0.5, 0.6) is 0 Å². The largest absolute Gasteiger partial charge is 0.398 e. The zero-order chi connectivity index (χ0) is 15.0. The monoisotopic (exact) mass is 276 g/mol. The minimum Gasteiger partial charge on any atom is -0.398 e. The van der Waals surface area contributed by atoms with E-state index in [1.54, 1.807) is 6.07 Å². The van der Waals surface area contributed by atoms with Gasteiger partial charge in [0.25, 0.3) is 0 Å². The molecule has 0 saturated carbocycles. The first-order valence-corrected chi connectivity index (χ1v) is 6.83. The van der Waals surface area contributed by atoms with Gasteiger partial charge in [0, 0.05) is 16.6 Å². The Morgan fingerprint density at radius 1 is 1.00 bits per heavy atom. The van der Waals surface area contributed by atoms with Crippen molar-refractivity contribution >= 4 is 22.4 Å². The first-order valence-electron chi connectivity index (χ1n) is 6.83. The van der Waals surface area contributed by atoms with E-state index in [9.17, 15) is 4.79 Å². The summed E-state index contributed by atoms with van der Waals surface area (Å²) in [6, 6.07) is 15.0. The van der Waals surface area contributed by atoms with Gasteiger partial charge in [-0.05, 0) is 38.1 Å². The molecule has 2 aromatic carbocycles. The highest BCUT2D eigenvalue weighted by Gasteiger charge is 2.13. The molecule has 3 nitrogen and oxygen atoms in total. The van der Waals surface area contributed by atoms with E-state index >= 15 is 0 Å². The third-order valence-electron chi connectivity index (χ3n) is 3.46. The Kier molecular flexibility index (Phi) is 3.18. The third-order valence-corrected chi connectivity index (χ3v) is 3.46. The topological polar surface area (TPSA) is 56.0 Å². The smallest absolute Gasteiger partial charge is 0.211 e. The van der Waals surface area contributed by atoms with Crippen LogP contribution >= 0.6 is 0 Å². The quantitative estimate of drug-likeness (QED) is 0.727. The molecular weight excluding hydrogens is 260 g/mol. The average Bonchev–Trinajstić information content (AvgIpc) is 2.45. The molecule has 0 bridgehead atoms. The Bertz CT molecular complexity index is 833. The summed E-state index contributed by atoms with van der Waals surface area (Å²) in [7, 11) is 0. The summed E-state index contributed by atoms with van der Waals surface area (Å²) in [6.45, 7) is 3.96. The van der Waals surface area contributed by atoms with Gasteiger partial charge < -0.3 is 5.73 Å². The van der Waals surface area contributed by atoms with Crippen molar-refractivity contribution in [3.05, 3.63) is 70.9 Å². The Labute approximate surface area is 123 Å². The molecule has 0 unspecified atom stereocenters. The molecule has 0 aliphatic heterocycles. The van der Waals surface area contributed by atoms with E-state index in [0.29, 0.717) is 16.9 Å². The second kappa shape index (κ2) is 5.02. The third kappa shape index (κ3) is 2.50. The summed E-state index contributed by atoms with van der Waals surface area (Å²) in [5, 5.41) is 0.870. The number of carbonyl (C=O) groups is 1. The summed E-state index contributed by atoms with van der Waals surface area (Å²) < 4.78 is 0. The summed E-state index contributed by atoms with van der Waals surface area (Å²) in [5.41, 5.74) is 10.5. The maximum Gasteiger partial charge on any atom is 0.211 e. The van der Waals surface area contributed by atoms with Crippen molar-refractivity contribution < 1.29 is 4.79 Å².